The highest BCUT2D eigenvalue weighted by Gasteiger charge is 2.08. The summed E-state index contributed by atoms with van der Waals surface area (Å²) in [4.78, 5) is 0. The molecule has 0 saturated carbocycles. The Bertz CT molecular complexity index is 588. The van der Waals surface area contributed by atoms with E-state index in [0.29, 0.717) is 12.2 Å². The molecule has 2 rings (SSSR count). The summed E-state index contributed by atoms with van der Waals surface area (Å²) in [5, 5.41) is 3.02. The van der Waals surface area contributed by atoms with Gasteiger partial charge in [-0.2, -0.15) is 0 Å². The van der Waals surface area contributed by atoms with E-state index in [4.69, 9.17) is 10.5 Å². The van der Waals surface area contributed by atoms with E-state index >= 15 is 0 Å². The number of nitrogens with one attached hydrogen (secondary N) is 1. The Morgan fingerprint density at radius 3 is 2.68 bits per heavy atom. The van der Waals surface area contributed by atoms with Gasteiger partial charge in [0.1, 0.15) is 5.82 Å². The Hall–Kier alpha value is -2.30. The SMILES string of the molecule is COc1cc(NCc2cccc(F)c2)c(N)cc1F. The van der Waals surface area contributed by atoms with Crippen molar-refractivity contribution in [2.45, 2.75) is 6.54 Å². The van der Waals surface area contributed by atoms with Crippen molar-refractivity contribution in [3.05, 3.63) is 53.6 Å². The summed E-state index contributed by atoms with van der Waals surface area (Å²) in [5.74, 6) is -0.712. The molecule has 0 amide bonds. The molecule has 0 atom stereocenters. The summed E-state index contributed by atoms with van der Waals surface area (Å²) in [5.41, 5.74) is 7.29. The predicted octanol–water partition coefficient (Wildman–Crippen LogP) is 3.17. The quantitative estimate of drug-likeness (QED) is 0.834. The topological polar surface area (TPSA) is 47.3 Å². The van der Waals surface area contributed by atoms with Gasteiger partial charge in [-0.05, 0) is 17.7 Å². The molecular weight excluding hydrogens is 250 g/mol. The molecular formula is C14H14F2N2O. The van der Waals surface area contributed by atoms with Gasteiger partial charge < -0.3 is 15.8 Å². The van der Waals surface area contributed by atoms with Gasteiger partial charge in [-0.3, -0.25) is 0 Å². The Morgan fingerprint density at radius 1 is 1.21 bits per heavy atom. The molecule has 0 spiro atoms. The first-order chi connectivity index (χ1) is 9.10. The Labute approximate surface area is 110 Å². The second-order valence-electron chi connectivity index (χ2n) is 4.06. The first-order valence-corrected chi connectivity index (χ1v) is 5.71. The standard InChI is InChI=1S/C14H14F2N2O/c1-19-14-7-13(12(17)6-11(14)16)18-8-9-3-2-4-10(15)5-9/h2-7,18H,8,17H2,1H3. The van der Waals surface area contributed by atoms with E-state index in [2.05, 4.69) is 5.32 Å². The molecule has 2 aromatic rings. The lowest BCUT2D eigenvalue weighted by Gasteiger charge is -2.12. The van der Waals surface area contributed by atoms with Gasteiger partial charge >= 0.3 is 0 Å². The highest BCUT2D eigenvalue weighted by molar-refractivity contribution is 5.68. The molecule has 3 nitrogen and oxygen atoms in total. The van der Waals surface area contributed by atoms with Gasteiger partial charge in [0.25, 0.3) is 0 Å². The molecule has 19 heavy (non-hydrogen) atoms. The van der Waals surface area contributed by atoms with Crippen LogP contribution in [0.5, 0.6) is 5.75 Å². The summed E-state index contributed by atoms with van der Waals surface area (Å²) >= 11 is 0. The maximum atomic E-state index is 13.4. The van der Waals surface area contributed by atoms with Gasteiger partial charge in [0.2, 0.25) is 0 Å². The van der Waals surface area contributed by atoms with Crippen molar-refractivity contribution >= 4 is 11.4 Å². The fourth-order valence-electron chi connectivity index (χ4n) is 1.72. The van der Waals surface area contributed by atoms with Gasteiger partial charge in [0.15, 0.2) is 11.6 Å². The van der Waals surface area contributed by atoms with Crippen molar-refractivity contribution < 1.29 is 13.5 Å². The van der Waals surface area contributed by atoms with Crippen molar-refractivity contribution in [3.63, 3.8) is 0 Å². The number of anilines is 2. The van der Waals surface area contributed by atoms with Crippen LogP contribution in [-0.4, -0.2) is 7.11 Å². The monoisotopic (exact) mass is 264 g/mol. The number of nitrogen functional groups attached to an aromatic ring is 1. The Balaban J connectivity index is 2.15. The maximum absolute atomic E-state index is 13.4. The van der Waals surface area contributed by atoms with E-state index in [1.54, 1.807) is 12.1 Å². The summed E-state index contributed by atoms with van der Waals surface area (Å²) in [6.07, 6.45) is 0. The van der Waals surface area contributed by atoms with Gasteiger partial charge in [0, 0.05) is 18.7 Å². The average molecular weight is 264 g/mol. The van der Waals surface area contributed by atoms with E-state index in [0.717, 1.165) is 5.56 Å². The average Bonchev–Trinajstić information content (AvgIpc) is 2.38. The second-order valence-corrected chi connectivity index (χ2v) is 4.06. The molecule has 3 N–H and O–H groups in total. The van der Waals surface area contributed by atoms with E-state index < -0.39 is 5.82 Å². The molecule has 0 unspecified atom stereocenters. The lowest BCUT2D eigenvalue weighted by molar-refractivity contribution is 0.387. The third-order valence-electron chi connectivity index (χ3n) is 2.70. The van der Waals surface area contributed by atoms with Crippen molar-refractivity contribution in [2.75, 3.05) is 18.2 Å². The molecule has 0 radical (unpaired) electrons. The fraction of sp³-hybridized carbons (Fsp3) is 0.143. The second kappa shape index (κ2) is 5.56. The van der Waals surface area contributed by atoms with Gasteiger partial charge in [0.05, 0.1) is 18.5 Å². The van der Waals surface area contributed by atoms with Crippen molar-refractivity contribution in [3.8, 4) is 5.75 Å². The van der Waals surface area contributed by atoms with E-state index in [-0.39, 0.29) is 17.3 Å². The van der Waals surface area contributed by atoms with E-state index in [9.17, 15) is 8.78 Å². The van der Waals surface area contributed by atoms with Gasteiger partial charge in [-0.25, -0.2) is 8.78 Å². The van der Waals surface area contributed by atoms with Crippen LogP contribution in [-0.2, 0) is 6.54 Å². The number of hydrogen-bond acceptors (Lipinski definition) is 3. The zero-order chi connectivity index (χ0) is 13.8. The summed E-state index contributed by atoms with van der Waals surface area (Å²) in [6.45, 7) is 0.386. The van der Waals surface area contributed by atoms with Crippen LogP contribution >= 0.6 is 0 Å². The van der Waals surface area contributed by atoms with E-state index in [1.165, 1.54) is 31.4 Å². The van der Waals surface area contributed by atoms with Crippen LogP contribution in [0.25, 0.3) is 0 Å². The lowest BCUT2D eigenvalue weighted by atomic mass is 10.2. The minimum absolute atomic E-state index is 0.107. The normalized spacial score (nSPS) is 10.3. The molecule has 100 valence electrons. The molecule has 0 aliphatic carbocycles. The number of ether oxygens (including phenoxy) is 1. The minimum atomic E-state index is -0.517. The molecule has 0 bridgehead atoms. The van der Waals surface area contributed by atoms with Gasteiger partial charge in [-0.15, -0.1) is 0 Å². The molecule has 0 fully saturated rings. The molecule has 2 aromatic carbocycles. The number of benzene rings is 2. The predicted molar refractivity (Wildman–Crippen MR) is 71.1 cm³/mol. The number of halogens is 2. The zero-order valence-corrected chi connectivity index (χ0v) is 10.4. The van der Waals surface area contributed by atoms with Gasteiger partial charge in [-0.1, -0.05) is 12.1 Å². The largest absolute Gasteiger partial charge is 0.494 e. The first-order valence-electron chi connectivity index (χ1n) is 5.71. The maximum Gasteiger partial charge on any atom is 0.167 e. The molecule has 0 heterocycles. The Kier molecular flexibility index (Phi) is 3.85. The molecule has 0 aliphatic heterocycles. The number of rotatable bonds is 4. The molecule has 0 aliphatic rings. The molecule has 0 aromatic heterocycles. The number of methoxy groups -OCH3 is 1. The number of hydrogen-bond donors (Lipinski definition) is 2. The summed E-state index contributed by atoms with van der Waals surface area (Å²) in [6, 6.07) is 8.87. The third kappa shape index (κ3) is 3.13. The zero-order valence-electron chi connectivity index (χ0n) is 10.4. The summed E-state index contributed by atoms with van der Waals surface area (Å²) in [7, 11) is 1.38. The van der Waals surface area contributed by atoms with Crippen LogP contribution in [0.1, 0.15) is 5.56 Å². The Morgan fingerprint density at radius 2 is 2.00 bits per heavy atom. The summed E-state index contributed by atoms with van der Waals surface area (Å²) < 4.78 is 31.3. The first kappa shape index (κ1) is 13.1. The van der Waals surface area contributed by atoms with E-state index in [1.807, 2.05) is 0 Å². The van der Waals surface area contributed by atoms with Crippen LogP contribution in [0.4, 0.5) is 20.2 Å². The molecule has 5 heteroatoms. The van der Waals surface area contributed by atoms with Crippen molar-refractivity contribution in [1.29, 1.82) is 0 Å². The van der Waals surface area contributed by atoms with Crippen LogP contribution in [0.2, 0.25) is 0 Å². The van der Waals surface area contributed by atoms with Crippen molar-refractivity contribution in [2.24, 2.45) is 0 Å². The van der Waals surface area contributed by atoms with Crippen LogP contribution in [0, 0.1) is 11.6 Å². The smallest absolute Gasteiger partial charge is 0.167 e. The number of nitrogens with two attached hydrogens (primary N) is 1. The van der Waals surface area contributed by atoms with Crippen LogP contribution in [0.15, 0.2) is 36.4 Å². The minimum Gasteiger partial charge on any atom is -0.494 e. The lowest BCUT2D eigenvalue weighted by Crippen LogP contribution is -2.04. The highest BCUT2D eigenvalue weighted by Crippen LogP contribution is 2.28. The highest BCUT2D eigenvalue weighted by atomic mass is 19.1. The molecule has 0 saturated heterocycles. The fourth-order valence-corrected chi connectivity index (χ4v) is 1.72. The third-order valence-corrected chi connectivity index (χ3v) is 2.70. The van der Waals surface area contributed by atoms with Crippen LogP contribution < -0.4 is 15.8 Å². The van der Waals surface area contributed by atoms with Crippen LogP contribution in [0.3, 0.4) is 0 Å². The van der Waals surface area contributed by atoms with Crippen molar-refractivity contribution in [1.82, 2.24) is 0 Å².